The lowest BCUT2D eigenvalue weighted by molar-refractivity contribution is 0.242. The van der Waals surface area contributed by atoms with Gasteiger partial charge in [0.05, 0.1) is 12.5 Å². The second-order valence-corrected chi connectivity index (χ2v) is 5.55. The van der Waals surface area contributed by atoms with Crippen LogP contribution < -0.4 is 0 Å². The summed E-state index contributed by atoms with van der Waals surface area (Å²) in [5, 5.41) is 16.2. The van der Waals surface area contributed by atoms with Crippen LogP contribution in [0.4, 0.5) is 0 Å². The first kappa shape index (κ1) is 21.1. The molecule has 0 aromatic carbocycles. The van der Waals surface area contributed by atoms with Crippen LogP contribution in [0, 0.1) is 0 Å². The van der Waals surface area contributed by atoms with E-state index < -0.39 is 20.2 Å². The minimum Gasteiger partial charge on any atom is -0.396 e. The highest BCUT2D eigenvalue weighted by Gasteiger charge is 1.82. The van der Waals surface area contributed by atoms with E-state index in [1.807, 2.05) is 0 Å². The third-order valence-electron chi connectivity index (χ3n) is 0.566. The number of hydrogen-bond acceptors (Lipinski definition) is 6. The SMILES string of the molecule is CS(=O)(=O)O.CS(=O)(=O)O.OCCCCO. The van der Waals surface area contributed by atoms with Gasteiger partial charge in [0, 0.05) is 13.2 Å². The van der Waals surface area contributed by atoms with Crippen LogP contribution in [0.25, 0.3) is 0 Å². The first-order valence-corrected chi connectivity index (χ1v) is 7.68. The number of unbranched alkanes of at least 4 members (excludes halogenated alkanes) is 1. The molecular formula is C6H18O8S2. The zero-order valence-electron chi connectivity index (χ0n) is 9.07. The minimum atomic E-state index is -3.67. The number of aliphatic hydroxyl groups excluding tert-OH is 2. The summed E-state index contributed by atoms with van der Waals surface area (Å²) in [7, 11) is -7.33. The summed E-state index contributed by atoms with van der Waals surface area (Å²) < 4.78 is 51.7. The van der Waals surface area contributed by atoms with E-state index in [1.54, 1.807) is 0 Å². The Bertz CT molecular complexity index is 266. The van der Waals surface area contributed by atoms with E-state index in [2.05, 4.69) is 0 Å². The number of aliphatic hydroxyl groups is 2. The molecule has 0 aliphatic heterocycles. The molecule has 0 saturated heterocycles. The summed E-state index contributed by atoms with van der Waals surface area (Å²) in [6.45, 7) is 0.390. The molecule has 0 spiro atoms. The van der Waals surface area contributed by atoms with Gasteiger partial charge in [0.15, 0.2) is 0 Å². The molecule has 0 atom stereocenters. The van der Waals surface area contributed by atoms with Crippen LogP contribution in [0.1, 0.15) is 12.8 Å². The van der Waals surface area contributed by atoms with Gasteiger partial charge in [-0.2, -0.15) is 16.8 Å². The standard InChI is InChI=1S/C4H10O2.2CH4O3S/c5-3-1-2-4-6;2*1-5(2,3)4/h5-6H,1-4H2;2*1H3,(H,2,3,4). The molecule has 0 aromatic rings. The largest absolute Gasteiger partial charge is 0.396 e. The monoisotopic (exact) mass is 282 g/mol. The molecule has 0 rings (SSSR count). The van der Waals surface area contributed by atoms with Gasteiger partial charge in [0.2, 0.25) is 0 Å². The number of hydrogen-bond donors (Lipinski definition) is 4. The minimum absolute atomic E-state index is 0.195. The van der Waals surface area contributed by atoms with Crippen molar-refractivity contribution in [3.8, 4) is 0 Å². The smallest absolute Gasteiger partial charge is 0.261 e. The van der Waals surface area contributed by atoms with Crippen molar-refractivity contribution in [2.75, 3.05) is 25.7 Å². The zero-order valence-corrected chi connectivity index (χ0v) is 10.7. The van der Waals surface area contributed by atoms with Gasteiger partial charge in [-0.15, -0.1) is 0 Å². The van der Waals surface area contributed by atoms with E-state index in [-0.39, 0.29) is 13.2 Å². The first-order chi connectivity index (χ1) is 6.91. The van der Waals surface area contributed by atoms with Gasteiger partial charge < -0.3 is 10.2 Å². The van der Waals surface area contributed by atoms with Gasteiger partial charge in [-0.25, -0.2) is 0 Å². The van der Waals surface area contributed by atoms with E-state index in [0.717, 1.165) is 12.8 Å². The fourth-order valence-electron chi connectivity index (χ4n) is 0.224. The normalized spacial score (nSPS) is 10.6. The molecule has 0 unspecified atom stereocenters. The Morgan fingerprint density at radius 2 is 0.875 bits per heavy atom. The fourth-order valence-corrected chi connectivity index (χ4v) is 0.224. The molecule has 0 radical (unpaired) electrons. The highest BCUT2D eigenvalue weighted by atomic mass is 32.2. The molecule has 0 aromatic heterocycles. The third kappa shape index (κ3) is 297. The zero-order chi connectivity index (χ0) is 13.8. The first-order valence-electron chi connectivity index (χ1n) is 3.98. The highest BCUT2D eigenvalue weighted by Crippen LogP contribution is 1.80. The van der Waals surface area contributed by atoms with E-state index in [4.69, 9.17) is 19.3 Å². The Kier molecular flexibility index (Phi) is 14.8. The van der Waals surface area contributed by atoms with Gasteiger partial charge in [-0.1, -0.05) is 0 Å². The van der Waals surface area contributed by atoms with Crippen LogP contribution in [0.5, 0.6) is 0 Å². The average molecular weight is 282 g/mol. The van der Waals surface area contributed by atoms with Gasteiger partial charge in [0.1, 0.15) is 0 Å². The van der Waals surface area contributed by atoms with Gasteiger partial charge in [0.25, 0.3) is 20.2 Å². The van der Waals surface area contributed by atoms with Gasteiger partial charge >= 0.3 is 0 Å². The summed E-state index contributed by atoms with van der Waals surface area (Å²) in [6.07, 6.45) is 2.87. The second-order valence-electron chi connectivity index (χ2n) is 2.62. The second kappa shape index (κ2) is 11.2. The topological polar surface area (TPSA) is 149 Å². The van der Waals surface area contributed by atoms with Crippen molar-refractivity contribution in [1.29, 1.82) is 0 Å². The summed E-state index contributed by atoms with van der Waals surface area (Å²) in [6, 6.07) is 0. The van der Waals surface area contributed by atoms with Crippen molar-refractivity contribution in [2.24, 2.45) is 0 Å². The molecular weight excluding hydrogens is 264 g/mol. The number of rotatable bonds is 3. The van der Waals surface area contributed by atoms with Crippen LogP contribution >= 0.6 is 0 Å². The highest BCUT2D eigenvalue weighted by molar-refractivity contribution is 7.85. The van der Waals surface area contributed by atoms with Crippen LogP contribution in [-0.2, 0) is 20.2 Å². The predicted molar refractivity (Wildman–Crippen MR) is 58.4 cm³/mol. The van der Waals surface area contributed by atoms with Crippen LogP contribution in [-0.4, -0.2) is 61.9 Å². The van der Waals surface area contributed by atoms with Crippen molar-refractivity contribution < 1.29 is 36.2 Å². The van der Waals surface area contributed by atoms with E-state index in [0.29, 0.717) is 12.5 Å². The molecule has 4 N–H and O–H groups in total. The lowest BCUT2D eigenvalue weighted by atomic mass is 10.3. The van der Waals surface area contributed by atoms with E-state index >= 15 is 0 Å². The van der Waals surface area contributed by atoms with E-state index in [9.17, 15) is 16.8 Å². The van der Waals surface area contributed by atoms with Crippen molar-refractivity contribution in [3.05, 3.63) is 0 Å². The van der Waals surface area contributed by atoms with Crippen LogP contribution in [0.3, 0.4) is 0 Å². The molecule has 0 heterocycles. The summed E-state index contributed by atoms with van der Waals surface area (Å²) >= 11 is 0. The average Bonchev–Trinajstić information content (AvgIpc) is 1.94. The maximum atomic E-state index is 9.19. The van der Waals surface area contributed by atoms with Crippen molar-refractivity contribution >= 4 is 20.2 Å². The van der Waals surface area contributed by atoms with E-state index in [1.165, 1.54) is 0 Å². The molecule has 0 saturated carbocycles. The van der Waals surface area contributed by atoms with Gasteiger partial charge in [-0.3, -0.25) is 9.11 Å². The lowest BCUT2D eigenvalue weighted by Gasteiger charge is -1.85. The molecule has 8 nitrogen and oxygen atoms in total. The predicted octanol–water partition coefficient (Wildman–Crippen LogP) is -1.24. The Hall–Kier alpha value is -0.260. The molecule has 0 amide bonds. The maximum Gasteiger partial charge on any atom is 0.261 e. The van der Waals surface area contributed by atoms with Gasteiger partial charge in [-0.05, 0) is 12.8 Å². The molecule has 0 aliphatic rings. The molecule has 102 valence electrons. The Balaban J connectivity index is -0.000000160. The van der Waals surface area contributed by atoms with Crippen LogP contribution in [0.2, 0.25) is 0 Å². The Morgan fingerprint density at radius 3 is 0.938 bits per heavy atom. The molecule has 10 heteroatoms. The van der Waals surface area contributed by atoms with Crippen molar-refractivity contribution in [2.45, 2.75) is 12.8 Å². The molecule has 16 heavy (non-hydrogen) atoms. The summed E-state index contributed by atoms with van der Waals surface area (Å²) in [5.74, 6) is 0. The van der Waals surface area contributed by atoms with Crippen molar-refractivity contribution in [3.63, 3.8) is 0 Å². The fraction of sp³-hybridized carbons (Fsp3) is 1.00. The van der Waals surface area contributed by atoms with Crippen LogP contribution in [0.15, 0.2) is 0 Å². The Morgan fingerprint density at radius 1 is 0.750 bits per heavy atom. The summed E-state index contributed by atoms with van der Waals surface area (Å²) in [5.41, 5.74) is 0. The maximum absolute atomic E-state index is 9.19. The third-order valence-corrected chi connectivity index (χ3v) is 0.566. The summed E-state index contributed by atoms with van der Waals surface area (Å²) in [4.78, 5) is 0. The Labute approximate surface area is 95.4 Å². The van der Waals surface area contributed by atoms with Crippen molar-refractivity contribution in [1.82, 2.24) is 0 Å². The molecule has 0 aliphatic carbocycles. The molecule has 0 bridgehead atoms. The lowest BCUT2D eigenvalue weighted by Crippen LogP contribution is -1.88. The quantitative estimate of drug-likeness (QED) is 0.371. The molecule has 0 fully saturated rings.